The highest BCUT2D eigenvalue weighted by Gasteiger charge is 2.13. The number of rotatable bonds is 5. The molecule has 0 amide bonds. The van der Waals surface area contributed by atoms with Gasteiger partial charge < -0.3 is 15.4 Å². The van der Waals surface area contributed by atoms with Crippen molar-refractivity contribution in [3.8, 4) is 0 Å². The van der Waals surface area contributed by atoms with E-state index in [2.05, 4.69) is 20.4 Å². The molecule has 5 nitrogen and oxygen atoms in total. The van der Waals surface area contributed by atoms with E-state index < -0.39 is 0 Å². The van der Waals surface area contributed by atoms with E-state index >= 15 is 0 Å². The Bertz CT molecular complexity index is 483. The molecule has 0 saturated heterocycles. The van der Waals surface area contributed by atoms with Gasteiger partial charge >= 0.3 is 5.97 Å². The van der Waals surface area contributed by atoms with E-state index in [9.17, 15) is 9.18 Å². The molecule has 0 aromatic heterocycles. The maximum atomic E-state index is 13.0. The minimum absolute atomic E-state index is 0. The van der Waals surface area contributed by atoms with Gasteiger partial charge in [-0.05, 0) is 17.7 Å². The molecule has 0 aliphatic rings. The van der Waals surface area contributed by atoms with Crippen molar-refractivity contribution in [1.82, 2.24) is 10.6 Å². The Balaban J connectivity index is 0.00000400. The molecule has 0 aliphatic heterocycles. The van der Waals surface area contributed by atoms with Crippen molar-refractivity contribution in [3.05, 3.63) is 35.6 Å². The predicted octanol–water partition coefficient (Wildman–Crippen LogP) is 1.92. The molecule has 1 rings (SSSR count). The zero-order valence-corrected chi connectivity index (χ0v) is 14.7. The third-order valence-corrected chi connectivity index (χ3v) is 2.75. The zero-order valence-electron chi connectivity index (χ0n) is 12.4. The molecule has 1 aromatic rings. The van der Waals surface area contributed by atoms with Crippen molar-refractivity contribution in [2.45, 2.75) is 13.5 Å². The molecule has 0 aliphatic carbocycles. The normalized spacial score (nSPS) is 12.1. The van der Waals surface area contributed by atoms with E-state index in [0.29, 0.717) is 19.0 Å². The van der Waals surface area contributed by atoms with Gasteiger partial charge in [0.2, 0.25) is 0 Å². The van der Waals surface area contributed by atoms with Crippen LogP contribution in [-0.4, -0.2) is 32.6 Å². The first-order valence-corrected chi connectivity index (χ1v) is 6.33. The molecule has 7 heteroatoms. The van der Waals surface area contributed by atoms with Crippen LogP contribution in [0.4, 0.5) is 4.39 Å². The van der Waals surface area contributed by atoms with E-state index in [1.54, 1.807) is 20.0 Å². The average Bonchev–Trinajstić information content (AvgIpc) is 2.46. The molecular weight excluding hydrogens is 388 g/mol. The lowest BCUT2D eigenvalue weighted by Gasteiger charge is -2.14. The third-order valence-electron chi connectivity index (χ3n) is 2.75. The Labute approximate surface area is 141 Å². The van der Waals surface area contributed by atoms with Gasteiger partial charge in [-0.2, -0.15) is 0 Å². The SMILES string of the molecule is CN=C(NCc1cccc(F)c1)NCC(C)C(=O)OC.I. The van der Waals surface area contributed by atoms with E-state index in [0.717, 1.165) is 5.56 Å². The summed E-state index contributed by atoms with van der Waals surface area (Å²) in [4.78, 5) is 15.3. The number of carbonyl (C=O) groups excluding carboxylic acids is 1. The van der Waals surface area contributed by atoms with Gasteiger partial charge in [0.25, 0.3) is 0 Å². The van der Waals surface area contributed by atoms with Crippen LogP contribution in [0.2, 0.25) is 0 Å². The van der Waals surface area contributed by atoms with E-state index in [1.807, 2.05) is 6.07 Å². The predicted molar refractivity (Wildman–Crippen MR) is 91.2 cm³/mol. The highest BCUT2D eigenvalue weighted by atomic mass is 127. The van der Waals surface area contributed by atoms with Crippen LogP contribution in [0.15, 0.2) is 29.3 Å². The summed E-state index contributed by atoms with van der Waals surface area (Å²) in [5.74, 6) is -0.276. The number of hydrogen-bond acceptors (Lipinski definition) is 3. The number of benzene rings is 1. The Hall–Kier alpha value is -1.38. The second-order valence-corrected chi connectivity index (χ2v) is 4.36. The van der Waals surface area contributed by atoms with Gasteiger partial charge in [0, 0.05) is 20.1 Å². The second kappa shape index (κ2) is 10.4. The van der Waals surface area contributed by atoms with Gasteiger partial charge in [-0.15, -0.1) is 24.0 Å². The lowest BCUT2D eigenvalue weighted by atomic mass is 10.2. The fraction of sp³-hybridized carbons (Fsp3) is 0.429. The van der Waals surface area contributed by atoms with Gasteiger partial charge in [0.1, 0.15) is 5.82 Å². The molecule has 21 heavy (non-hydrogen) atoms. The smallest absolute Gasteiger partial charge is 0.310 e. The minimum Gasteiger partial charge on any atom is -0.469 e. The monoisotopic (exact) mass is 409 g/mol. The number of esters is 1. The van der Waals surface area contributed by atoms with Crippen molar-refractivity contribution < 1.29 is 13.9 Å². The van der Waals surface area contributed by atoms with Crippen molar-refractivity contribution in [1.29, 1.82) is 0 Å². The van der Waals surface area contributed by atoms with Gasteiger partial charge in [-0.25, -0.2) is 4.39 Å². The summed E-state index contributed by atoms with van der Waals surface area (Å²) < 4.78 is 17.7. The summed E-state index contributed by atoms with van der Waals surface area (Å²) >= 11 is 0. The van der Waals surface area contributed by atoms with Crippen molar-refractivity contribution >= 4 is 35.9 Å². The van der Waals surface area contributed by atoms with Crippen LogP contribution in [0, 0.1) is 11.7 Å². The molecule has 0 radical (unpaired) electrons. The van der Waals surface area contributed by atoms with Crippen molar-refractivity contribution in [3.63, 3.8) is 0 Å². The Morgan fingerprint density at radius 1 is 1.43 bits per heavy atom. The number of methoxy groups -OCH3 is 1. The lowest BCUT2D eigenvalue weighted by Crippen LogP contribution is -2.40. The summed E-state index contributed by atoms with van der Waals surface area (Å²) in [6.07, 6.45) is 0. The number of halogens is 2. The summed E-state index contributed by atoms with van der Waals surface area (Å²) in [6, 6.07) is 6.33. The molecule has 1 unspecified atom stereocenters. The lowest BCUT2D eigenvalue weighted by molar-refractivity contribution is -0.144. The van der Waals surface area contributed by atoms with Crippen molar-refractivity contribution in [2.24, 2.45) is 10.9 Å². The van der Waals surface area contributed by atoms with Crippen LogP contribution in [-0.2, 0) is 16.1 Å². The van der Waals surface area contributed by atoms with Gasteiger partial charge in [0.15, 0.2) is 5.96 Å². The first-order chi connectivity index (χ1) is 9.56. The fourth-order valence-electron chi connectivity index (χ4n) is 1.59. The highest BCUT2D eigenvalue weighted by molar-refractivity contribution is 14.0. The van der Waals surface area contributed by atoms with Crippen LogP contribution in [0.5, 0.6) is 0 Å². The molecular formula is C14H21FIN3O2. The number of carbonyl (C=O) groups is 1. The Morgan fingerprint density at radius 2 is 2.14 bits per heavy atom. The van der Waals surface area contributed by atoms with Crippen LogP contribution < -0.4 is 10.6 Å². The fourth-order valence-corrected chi connectivity index (χ4v) is 1.59. The van der Waals surface area contributed by atoms with Crippen LogP contribution in [0.25, 0.3) is 0 Å². The molecule has 1 atom stereocenters. The topological polar surface area (TPSA) is 62.7 Å². The number of nitrogens with zero attached hydrogens (tertiary/aromatic N) is 1. The summed E-state index contributed by atoms with van der Waals surface area (Å²) in [5.41, 5.74) is 0.814. The van der Waals surface area contributed by atoms with Gasteiger partial charge in [-0.1, -0.05) is 19.1 Å². The maximum Gasteiger partial charge on any atom is 0.310 e. The first-order valence-electron chi connectivity index (χ1n) is 6.33. The summed E-state index contributed by atoms with van der Waals surface area (Å²) in [7, 11) is 2.99. The van der Waals surface area contributed by atoms with Gasteiger partial charge in [-0.3, -0.25) is 9.79 Å². The second-order valence-electron chi connectivity index (χ2n) is 4.36. The van der Waals surface area contributed by atoms with Crippen LogP contribution in [0.1, 0.15) is 12.5 Å². The minimum atomic E-state index is -0.280. The molecule has 0 bridgehead atoms. The van der Waals surface area contributed by atoms with E-state index in [1.165, 1.54) is 19.2 Å². The summed E-state index contributed by atoms with van der Waals surface area (Å²) in [6.45, 7) is 2.62. The standard InChI is InChI=1S/C14H20FN3O2.HI/c1-10(13(19)20-3)8-17-14(16-2)18-9-11-5-4-6-12(15)7-11;/h4-7,10H,8-9H2,1-3H3,(H2,16,17,18);1H. The third kappa shape index (κ3) is 7.26. The van der Waals surface area contributed by atoms with E-state index in [4.69, 9.17) is 0 Å². The number of nitrogens with one attached hydrogen (secondary N) is 2. The number of guanidine groups is 1. The first kappa shape index (κ1) is 19.6. The highest BCUT2D eigenvalue weighted by Crippen LogP contribution is 2.02. The van der Waals surface area contributed by atoms with Crippen LogP contribution in [0.3, 0.4) is 0 Å². The zero-order chi connectivity index (χ0) is 15.0. The Morgan fingerprint density at radius 3 is 2.71 bits per heavy atom. The number of ether oxygens (including phenoxy) is 1. The molecule has 0 heterocycles. The quantitative estimate of drug-likeness (QED) is 0.338. The molecule has 2 N–H and O–H groups in total. The van der Waals surface area contributed by atoms with Gasteiger partial charge in [0.05, 0.1) is 13.0 Å². The largest absolute Gasteiger partial charge is 0.469 e. The molecule has 1 aromatic carbocycles. The Kier molecular flexibility index (Phi) is 9.68. The van der Waals surface area contributed by atoms with Crippen molar-refractivity contribution in [2.75, 3.05) is 20.7 Å². The molecule has 118 valence electrons. The maximum absolute atomic E-state index is 13.0. The number of hydrogen-bond donors (Lipinski definition) is 2. The number of aliphatic imine (C=N–C) groups is 1. The van der Waals surface area contributed by atoms with E-state index in [-0.39, 0.29) is 41.7 Å². The average molecular weight is 409 g/mol. The summed E-state index contributed by atoms with van der Waals surface area (Å²) in [5, 5.41) is 6.06. The molecule has 0 saturated carbocycles. The molecule has 0 fully saturated rings. The molecule has 0 spiro atoms. The van der Waals surface area contributed by atoms with Crippen LogP contribution >= 0.6 is 24.0 Å².